The number of rotatable bonds is 6. The zero-order valence-electron chi connectivity index (χ0n) is 10.7. The van der Waals surface area contributed by atoms with Gasteiger partial charge in [0.1, 0.15) is 5.75 Å². The topological polar surface area (TPSA) is 78.5 Å². The molecule has 5 nitrogen and oxygen atoms in total. The Morgan fingerprint density at radius 2 is 2.26 bits per heavy atom. The molecule has 0 radical (unpaired) electrons. The highest BCUT2D eigenvalue weighted by molar-refractivity contribution is 7.80. The van der Waals surface area contributed by atoms with Crippen molar-refractivity contribution < 1.29 is 18.3 Å². The zero-order valence-corrected chi connectivity index (χ0v) is 12.4. The molecule has 0 aliphatic heterocycles. The van der Waals surface area contributed by atoms with Crippen molar-refractivity contribution in [3.8, 4) is 5.75 Å². The van der Waals surface area contributed by atoms with Crippen LogP contribution < -0.4 is 10.1 Å². The van der Waals surface area contributed by atoms with Gasteiger partial charge in [-0.25, -0.2) is 0 Å². The maximum Gasteiger partial charge on any atom is 0.217 e. The lowest BCUT2D eigenvalue weighted by Crippen LogP contribution is -2.36. The Kier molecular flexibility index (Phi) is 6.33. The maximum absolute atomic E-state index is 11.1. The highest BCUT2D eigenvalue weighted by atomic mass is 32.2. The number of ether oxygens (including phenoxy) is 1. The second kappa shape index (κ2) is 7.52. The Morgan fingerprint density at radius 3 is 2.74 bits per heavy atom. The number of amides is 1. The Morgan fingerprint density at radius 1 is 1.58 bits per heavy atom. The van der Waals surface area contributed by atoms with E-state index in [0.717, 1.165) is 5.56 Å². The van der Waals surface area contributed by atoms with E-state index in [2.05, 4.69) is 17.9 Å². The Hall–Kier alpha value is -1.05. The number of nitrogens with one attached hydrogen (secondary N) is 1. The molecule has 0 aliphatic rings. The normalized spacial score (nSPS) is 13.7. The van der Waals surface area contributed by atoms with Gasteiger partial charge in [0.2, 0.25) is 5.91 Å². The predicted octanol–water partition coefficient (Wildman–Crippen LogP) is 0.910. The molecular weight excluding hydrogens is 286 g/mol. The molecule has 0 bridgehead atoms. The van der Waals surface area contributed by atoms with E-state index in [9.17, 15) is 13.6 Å². The summed E-state index contributed by atoms with van der Waals surface area (Å²) in [6.07, 6.45) is 0.511. The van der Waals surface area contributed by atoms with Crippen LogP contribution >= 0.6 is 12.6 Å². The highest BCUT2D eigenvalue weighted by Crippen LogP contribution is 2.23. The molecule has 7 heteroatoms. The van der Waals surface area contributed by atoms with E-state index >= 15 is 0 Å². The number of carbonyl (C=O) groups is 1. The van der Waals surface area contributed by atoms with E-state index in [1.165, 1.54) is 14.0 Å². The molecule has 1 rings (SSSR count). The largest absolute Gasteiger partial charge is 0.768 e. The molecule has 0 spiro atoms. The molecule has 1 N–H and O–H groups in total. The van der Waals surface area contributed by atoms with E-state index in [4.69, 9.17) is 4.74 Å². The summed E-state index contributed by atoms with van der Waals surface area (Å²) in [6, 6.07) is 4.78. The summed E-state index contributed by atoms with van der Waals surface area (Å²) < 4.78 is 27.2. The molecule has 0 saturated carbocycles. The lowest BCUT2D eigenvalue weighted by molar-refractivity contribution is -0.119. The zero-order chi connectivity index (χ0) is 14.4. The van der Waals surface area contributed by atoms with Crippen LogP contribution in [0.1, 0.15) is 12.5 Å². The van der Waals surface area contributed by atoms with Gasteiger partial charge in [0.25, 0.3) is 0 Å². The van der Waals surface area contributed by atoms with E-state index in [0.29, 0.717) is 17.9 Å². The minimum Gasteiger partial charge on any atom is -0.768 e. The Labute approximate surface area is 120 Å². The van der Waals surface area contributed by atoms with Crippen molar-refractivity contribution >= 4 is 29.6 Å². The molecule has 1 unspecified atom stereocenters. The first-order valence-corrected chi connectivity index (χ1v) is 7.32. The van der Waals surface area contributed by atoms with Gasteiger partial charge in [-0.15, -0.1) is 0 Å². The van der Waals surface area contributed by atoms with Crippen LogP contribution in [0.15, 0.2) is 23.1 Å². The minimum absolute atomic E-state index is 0.112. The number of methoxy groups -OCH3 is 1. The third kappa shape index (κ3) is 4.85. The van der Waals surface area contributed by atoms with Gasteiger partial charge >= 0.3 is 0 Å². The van der Waals surface area contributed by atoms with E-state index in [1.807, 2.05) is 0 Å². The predicted molar refractivity (Wildman–Crippen MR) is 75.3 cm³/mol. The van der Waals surface area contributed by atoms with E-state index < -0.39 is 11.1 Å². The summed E-state index contributed by atoms with van der Waals surface area (Å²) in [4.78, 5) is 11.1. The Balaban J connectivity index is 2.92. The average Bonchev–Trinajstić information content (AvgIpc) is 2.37. The molecule has 0 fully saturated rings. The van der Waals surface area contributed by atoms with Gasteiger partial charge in [0, 0.05) is 18.7 Å². The molecule has 0 heterocycles. The van der Waals surface area contributed by atoms with Crippen LogP contribution in [0, 0.1) is 0 Å². The molecule has 1 aromatic carbocycles. The third-order valence-electron chi connectivity index (χ3n) is 2.52. The van der Waals surface area contributed by atoms with Crippen LogP contribution in [0.4, 0.5) is 0 Å². The van der Waals surface area contributed by atoms with Crippen LogP contribution in [-0.2, 0) is 22.3 Å². The fourth-order valence-corrected chi connectivity index (χ4v) is 2.50. The lowest BCUT2D eigenvalue weighted by Gasteiger charge is -2.17. The van der Waals surface area contributed by atoms with Crippen LogP contribution in [-0.4, -0.2) is 33.6 Å². The third-order valence-corrected chi connectivity index (χ3v) is 3.64. The molecule has 2 atom stereocenters. The quantitative estimate of drug-likeness (QED) is 0.605. The number of hydrogen-bond acceptors (Lipinski definition) is 5. The van der Waals surface area contributed by atoms with Gasteiger partial charge in [-0.3, -0.25) is 9.00 Å². The standard InChI is InChI=1S/C12H17NO4S2/c1-8(14)13-10(7-18)5-9-3-4-11(17-2)12(6-9)19(15)16/h3-4,6,10,18H,5,7H2,1-2H3,(H,13,14)(H,15,16)/p-1/t10-/m0/s1. The molecule has 19 heavy (non-hydrogen) atoms. The summed E-state index contributed by atoms with van der Waals surface area (Å²) in [5, 5.41) is 2.75. The van der Waals surface area contributed by atoms with Crippen LogP contribution in [0.5, 0.6) is 5.75 Å². The number of hydrogen-bond donors (Lipinski definition) is 2. The van der Waals surface area contributed by atoms with Gasteiger partial charge in [-0.2, -0.15) is 12.6 Å². The summed E-state index contributed by atoms with van der Waals surface area (Å²) in [5.74, 6) is 0.640. The van der Waals surface area contributed by atoms with Crippen molar-refractivity contribution in [2.45, 2.75) is 24.3 Å². The van der Waals surface area contributed by atoms with Crippen molar-refractivity contribution in [3.63, 3.8) is 0 Å². The SMILES string of the molecule is COc1ccc(C[C@@H](CS)NC(C)=O)cc1S(=O)[O-]. The van der Waals surface area contributed by atoms with Crippen LogP contribution in [0.2, 0.25) is 0 Å². The fraction of sp³-hybridized carbons (Fsp3) is 0.417. The number of benzene rings is 1. The smallest absolute Gasteiger partial charge is 0.217 e. The van der Waals surface area contributed by atoms with Gasteiger partial charge < -0.3 is 14.6 Å². The van der Waals surface area contributed by atoms with Crippen LogP contribution in [0.3, 0.4) is 0 Å². The maximum atomic E-state index is 11.1. The number of thiol groups is 1. The molecule has 0 aromatic heterocycles. The average molecular weight is 302 g/mol. The fourth-order valence-electron chi connectivity index (χ4n) is 1.71. The first-order chi connectivity index (χ1) is 8.97. The summed E-state index contributed by atoms with van der Waals surface area (Å²) in [7, 11) is 1.42. The van der Waals surface area contributed by atoms with Gasteiger partial charge in [0.05, 0.1) is 12.0 Å². The molecule has 0 saturated heterocycles. The molecule has 1 amide bonds. The number of carbonyl (C=O) groups excluding carboxylic acids is 1. The van der Waals surface area contributed by atoms with Gasteiger partial charge in [-0.1, -0.05) is 6.07 Å². The first-order valence-electron chi connectivity index (χ1n) is 5.62. The first kappa shape index (κ1) is 16.0. The summed E-state index contributed by atoms with van der Waals surface area (Å²) >= 11 is 1.80. The van der Waals surface area contributed by atoms with Crippen molar-refractivity contribution in [1.82, 2.24) is 5.32 Å². The van der Waals surface area contributed by atoms with Gasteiger partial charge in [0.15, 0.2) is 0 Å². The van der Waals surface area contributed by atoms with Gasteiger partial charge in [-0.05, 0) is 35.2 Å². The molecular formula is C12H16NO4S2-. The van der Waals surface area contributed by atoms with Crippen LogP contribution in [0.25, 0.3) is 0 Å². The lowest BCUT2D eigenvalue weighted by atomic mass is 10.1. The van der Waals surface area contributed by atoms with Crippen molar-refractivity contribution in [2.24, 2.45) is 0 Å². The van der Waals surface area contributed by atoms with Crippen molar-refractivity contribution in [3.05, 3.63) is 23.8 Å². The summed E-state index contributed by atoms with van der Waals surface area (Å²) in [6.45, 7) is 1.43. The van der Waals surface area contributed by atoms with Crippen molar-refractivity contribution in [2.75, 3.05) is 12.9 Å². The molecule has 0 aliphatic carbocycles. The highest BCUT2D eigenvalue weighted by Gasteiger charge is 2.11. The molecule has 106 valence electrons. The van der Waals surface area contributed by atoms with E-state index in [1.54, 1.807) is 18.2 Å². The second-order valence-electron chi connectivity index (χ2n) is 4.00. The minimum atomic E-state index is -2.36. The second-order valence-corrected chi connectivity index (χ2v) is 5.28. The van der Waals surface area contributed by atoms with Crippen molar-refractivity contribution in [1.29, 1.82) is 0 Å². The van der Waals surface area contributed by atoms with E-state index in [-0.39, 0.29) is 16.8 Å². The molecule has 1 aromatic rings. The summed E-state index contributed by atoms with van der Waals surface area (Å²) in [5.41, 5.74) is 0.799. The monoisotopic (exact) mass is 302 g/mol. The Bertz CT molecular complexity index is 479.